The van der Waals surface area contributed by atoms with Crippen molar-refractivity contribution in [2.24, 2.45) is 0 Å². The molecule has 0 spiro atoms. The number of ether oxygens (including phenoxy) is 2. The Labute approximate surface area is 186 Å². The molecule has 6 nitrogen and oxygen atoms in total. The topological polar surface area (TPSA) is 76.7 Å². The van der Waals surface area contributed by atoms with Gasteiger partial charge in [-0.2, -0.15) is 0 Å². The zero-order chi connectivity index (χ0) is 22.2. The van der Waals surface area contributed by atoms with Crippen molar-refractivity contribution in [2.45, 2.75) is 13.8 Å². The zero-order valence-electron chi connectivity index (χ0n) is 17.3. The van der Waals surface area contributed by atoms with Gasteiger partial charge in [-0.15, -0.1) is 0 Å². The Morgan fingerprint density at radius 2 is 1.23 bits per heavy atom. The van der Waals surface area contributed by atoms with Crippen molar-refractivity contribution in [2.75, 3.05) is 23.8 Å². The maximum atomic E-state index is 12.1. The van der Waals surface area contributed by atoms with Gasteiger partial charge in [0.1, 0.15) is 11.5 Å². The van der Waals surface area contributed by atoms with Crippen molar-refractivity contribution in [1.29, 1.82) is 0 Å². The summed E-state index contributed by atoms with van der Waals surface area (Å²) < 4.78 is 10.9. The van der Waals surface area contributed by atoms with Crippen LogP contribution in [0.4, 0.5) is 11.4 Å². The molecule has 2 amide bonds. The number of aryl methyl sites for hydroxylation is 2. The van der Waals surface area contributed by atoms with Gasteiger partial charge in [0, 0.05) is 5.69 Å². The van der Waals surface area contributed by atoms with E-state index in [0.717, 1.165) is 11.1 Å². The molecule has 0 unspecified atom stereocenters. The Morgan fingerprint density at radius 1 is 0.742 bits per heavy atom. The minimum atomic E-state index is -0.342. The van der Waals surface area contributed by atoms with Crippen molar-refractivity contribution < 1.29 is 19.1 Å². The molecule has 0 saturated heterocycles. The second kappa shape index (κ2) is 10.5. The molecule has 3 rings (SSSR count). The fourth-order valence-corrected chi connectivity index (χ4v) is 2.87. The van der Waals surface area contributed by atoms with E-state index >= 15 is 0 Å². The molecule has 0 saturated carbocycles. The van der Waals surface area contributed by atoms with Crippen molar-refractivity contribution in [1.82, 2.24) is 0 Å². The summed E-state index contributed by atoms with van der Waals surface area (Å²) in [6.45, 7) is 3.68. The summed E-state index contributed by atoms with van der Waals surface area (Å²) in [7, 11) is 0. The van der Waals surface area contributed by atoms with E-state index in [1.54, 1.807) is 42.5 Å². The lowest BCUT2D eigenvalue weighted by atomic mass is 10.2. The van der Waals surface area contributed by atoms with Crippen LogP contribution in [0.25, 0.3) is 0 Å². The van der Waals surface area contributed by atoms with Crippen LogP contribution in [0.2, 0.25) is 5.02 Å². The highest BCUT2D eigenvalue weighted by atomic mass is 35.5. The molecule has 0 radical (unpaired) electrons. The Morgan fingerprint density at radius 3 is 1.71 bits per heavy atom. The van der Waals surface area contributed by atoms with Gasteiger partial charge in [-0.05, 0) is 56.3 Å². The van der Waals surface area contributed by atoms with Gasteiger partial charge in [0.05, 0.1) is 10.7 Å². The van der Waals surface area contributed by atoms with E-state index in [9.17, 15) is 9.59 Å². The van der Waals surface area contributed by atoms with Crippen LogP contribution >= 0.6 is 11.6 Å². The lowest BCUT2D eigenvalue weighted by Crippen LogP contribution is -2.21. The van der Waals surface area contributed by atoms with Crippen molar-refractivity contribution >= 4 is 34.8 Å². The fourth-order valence-electron chi connectivity index (χ4n) is 2.64. The van der Waals surface area contributed by atoms with Crippen LogP contribution in [0.15, 0.2) is 66.7 Å². The van der Waals surface area contributed by atoms with Crippen molar-refractivity contribution in [3.8, 4) is 11.5 Å². The first-order valence-corrected chi connectivity index (χ1v) is 10.0. The average molecular weight is 439 g/mol. The largest absolute Gasteiger partial charge is 0.484 e. The molecule has 160 valence electrons. The van der Waals surface area contributed by atoms with E-state index in [0.29, 0.717) is 27.9 Å². The maximum Gasteiger partial charge on any atom is 0.262 e. The van der Waals surface area contributed by atoms with Crippen molar-refractivity contribution in [3.05, 3.63) is 82.9 Å². The van der Waals surface area contributed by atoms with Crippen LogP contribution in [-0.2, 0) is 9.59 Å². The third kappa shape index (κ3) is 7.04. The van der Waals surface area contributed by atoms with Gasteiger partial charge in [0.15, 0.2) is 13.2 Å². The van der Waals surface area contributed by atoms with E-state index in [4.69, 9.17) is 21.1 Å². The highest BCUT2D eigenvalue weighted by molar-refractivity contribution is 6.34. The number of carbonyl (C=O) groups is 2. The standard InChI is InChI=1S/C24H23ClN2O4/c1-16-3-8-19(9-4-16)30-14-23(28)26-18-7-12-22(21(25)13-18)27-24(29)15-31-20-10-5-17(2)6-11-20/h3-13H,14-15H2,1-2H3,(H,26,28)(H,27,29). The SMILES string of the molecule is Cc1ccc(OCC(=O)Nc2ccc(NC(=O)COc3ccc(C)cc3)c(Cl)c2)cc1. The van der Waals surface area contributed by atoms with E-state index in [1.807, 2.05) is 38.1 Å². The molecule has 0 atom stereocenters. The number of carbonyl (C=O) groups excluding carboxylic acids is 2. The molecule has 0 bridgehead atoms. The first-order chi connectivity index (χ1) is 14.9. The van der Waals surface area contributed by atoms with Gasteiger partial charge < -0.3 is 20.1 Å². The maximum absolute atomic E-state index is 12.1. The number of hydrogen-bond acceptors (Lipinski definition) is 4. The molecular formula is C24H23ClN2O4. The zero-order valence-corrected chi connectivity index (χ0v) is 18.0. The molecule has 0 heterocycles. The van der Waals surface area contributed by atoms with Gasteiger partial charge >= 0.3 is 0 Å². The number of rotatable bonds is 8. The van der Waals surface area contributed by atoms with Crippen LogP contribution in [0.3, 0.4) is 0 Å². The summed E-state index contributed by atoms with van der Waals surface area (Å²) in [6, 6.07) is 19.7. The van der Waals surface area contributed by atoms with Crippen LogP contribution in [-0.4, -0.2) is 25.0 Å². The second-order valence-corrected chi connectivity index (χ2v) is 7.40. The molecular weight excluding hydrogens is 416 g/mol. The van der Waals surface area contributed by atoms with Gasteiger partial charge in [-0.3, -0.25) is 9.59 Å². The molecule has 0 aliphatic carbocycles. The summed E-state index contributed by atoms with van der Waals surface area (Å²) in [5.74, 6) is 0.563. The minimum absolute atomic E-state index is 0.129. The summed E-state index contributed by atoms with van der Waals surface area (Å²) in [5, 5.41) is 5.69. The molecule has 0 aliphatic rings. The summed E-state index contributed by atoms with van der Waals surface area (Å²) in [6.07, 6.45) is 0. The smallest absolute Gasteiger partial charge is 0.262 e. The predicted octanol–water partition coefficient (Wildman–Crippen LogP) is 4.99. The van der Waals surface area contributed by atoms with E-state index in [1.165, 1.54) is 0 Å². The van der Waals surface area contributed by atoms with E-state index in [-0.39, 0.29) is 25.0 Å². The Balaban J connectivity index is 1.48. The van der Waals surface area contributed by atoms with E-state index < -0.39 is 0 Å². The molecule has 0 fully saturated rings. The molecule has 3 aromatic rings. The predicted molar refractivity (Wildman–Crippen MR) is 122 cm³/mol. The lowest BCUT2D eigenvalue weighted by molar-refractivity contribution is -0.118. The summed E-state index contributed by atoms with van der Waals surface area (Å²) in [5.41, 5.74) is 3.14. The number of halogens is 1. The molecule has 7 heteroatoms. The van der Waals surface area contributed by atoms with E-state index in [2.05, 4.69) is 10.6 Å². The van der Waals surface area contributed by atoms with Crippen LogP contribution in [0.5, 0.6) is 11.5 Å². The highest BCUT2D eigenvalue weighted by Gasteiger charge is 2.10. The number of benzene rings is 3. The second-order valence-electron chi connectivity index (χ2n) is 6.99. The summed E-state index contributed by atoms with van der Waals surface area (Å²) in [4.78, 5) is 24.2. The number of hydrogen-bond donors (Lipinski definition) is 2. The molecule has 3 aromatic carbocycles. The van der Waals surface area contributed by atoms with Gasteiger partial charge in [0.2, 0.25) is 0 Å². The minimum Gasteiger partial charge on any atom is -0.484 e. The Hall–Kier alpha value is -3.51. The first kappa shape index (κ1) is 22.2. The molecule has 0 aromatic heterocycles. The fraction of sp³-hybridized carbons (Fsp3) is 0.167. The lowest BCUT2D eigenvalue weighted by Gasteiger charge is -2.11. The van der Waals surface area contributed by atoms with Gasteiger partial charge in [0.25, 0.3) is 11.8 Å². The van der Waals surface area contributed by atoms with Crippen molar-refractivity contribution in [3.63, 3.8) is 0 Å². The van der Waals surface area contributed by atoms with Gasteiger partial charge in [-0.25, -0.2) is 0 Å². The first-order valence-electron chi connectivity index (χ1n) is 9.67. The number of nitrogens with one attached hydrogen (secondary N) is 2. The molecule has 0 aliphatic heterocycles. The average Bonchev–Trinajstić information content (AvgIpc) is 2.75. The Bertz CT molecular complexity index is 1050. The summed E-state index contributed by atoms with van der Waals surface area (Å²) >= 11 is 6.24. The molecule has 2 N–H and O–H groups in total. The number of anilines is 2. The van der Waals surface area contributed by atoms with Crippen LogP contribution in [0.1, 0.15) is 11.1 Å². The molecule has 31 heavy (non-hydrogen) atoms. The number of amides is 2. The Kier molecular flexibility index (Phi) is 7.51. The monoisotopic (exact) mass is 438 g/mol. The quantitative estimate of drug-likeness (QED) is 0.519. The third-order valence-corrected chi connectivity index (χ3v) is 4.62. The van der Waals surface area contributed by atoms with Crippen LogP contribution < -0.4 is 20.1 Å². The highest BCUT2D eigenvalue weighted by Crippen LogP contribution is 2.25. The normalized spacial score (nSPS) is 10.3. The van der Waals surface area contributed by atoms with Crippen LogP contribution in [0, 0.1) is 13.8 Å². The van der Waals surface area contributed by atoms with Gasteiger partial charge in [-0.1, -0.05) is 47.0 Å². The third-order valence-electron chi connectivity index (χ3n) is 4.31.